The summed E-state index contributed by atoms with van der Waals surface area (Å²) in [4.78, 5) is 2.50. The lowest BCUT2D eigenvalue weighted by molar-refractivity contribution is 0.884. The Kier molecular flexibility index (Phi) is 3.35. The first-order valence-corrected chi connectivity index (χ1v) is 8.98. The lowest BCUT2D eigenvalue weighted by Crippen LogP contribution is -2.00. The van der Waals surface area contributed by atoms with Crippen molar-refractivity contribution in [3.05, 3.63) is 85.1 Å². The van der Waals surface area contributed by atoms with Crippen LogP contribution in [0, 0.1) is 0 Å². The van der Waals surface area contributed by atoms with Gasteiger partial charge in [0.1, 0.15) is 0 Å². The highest BCUT2D eigenvalue weighted by molar-refractivity contribution is 7.99. The predicted molar refractivity (Wildman–Crippen MR) is 103 cm³/mol. The molecular formula is C21H15N3S. The van der Waals surface area contributed by atoms with Crippen molar-refractivity contribution < 1.29 is 0 Å². The Morgan fingerprint density at radius 2 is 1.56 bits per heavy atom. The number of hydrogen-bond acceptors (Lipinski definition) is 3. The van der Waals surface area contributed by atoms with Gasteiger partial charge >= 0.3 is 0 Å². The van der Waals surface area contributed by atoms with Crippen molar-refractivity contribution in [2.24, 2.45) is 0 Å². The maximum absolute atomic E-state index is 4.73. The lowest BCUT2D eigenvalue weighted by atomic mass is 10.1. The quantitative estimate of drug-likeness (QED) is 0.443. The molecule has 0 spiro atoms. The lowest BCUT2D eigenvalue weighted by Gasteiger charge is -2.21. The Morgan fingerprint density at radius 1 is 0.760 bits per heavy atom. The number of para-hydroxylation sites is 2. The van der Waals surface area contributed by atoms with Gasteiger partial charge in [0, 0.05) is 21.6 Å². The van der Waals surface area contributed by atoms with Crippen LogP contribution in [0.25, 0.3) is 16.9 Å². The van der Waals surface area contributed by atoms with Gasteiger partial charge in [0.25, 0.3) is 0 Å². The van der Waals surface area contributed by atoms with Crippen molar-refractivity contribution in [2.45, 2.75) is 9.79 Å². The van der Waals surface area contributed by atoms with Gasteiger partial charge in [-0.25, -0.2) is 4.68 Å². The summed E-state index contributed by atoms with van der Waals surface area (Å²) in [6, 6.07) is 27.1. The SMILES string of the molecule is c1ccc(-n2ccc(-c3ccc4c(c3)Nc3ccccc3S4)n2)cc1. The summed E-state index contributed by atoms with van der Waals surface area (Å²) in [6.45, 7) is 0. The molecule has 3 nitrogen and oxygen atoms in total. The third kappa shape index (κ3) is 2.61. The summed E-state index contributed by atoms with van der Waals surface area (Å²) in [5.41, 5.74) is 5.44. The second-order valence-corrected chi connectivity index (χ2v) is 7.00. The highest BCUT2D eigenvalue weighted by Gasteiger charge is 2.16. The normalized spacial score (nSPS) is 12.2. The molecule has 0 aliphatic carbocycles. The number of benzene rings is 3. The maximum Gasteiger partial charge on any atom is 0.0928 e. The van der Waals surface area contributed by atoms with Gasteiger partial charge in [0.15, 0.2) is 0 Å². The molecular weight excluding hydrogens is 326 g/mol. The fourth-order valence-corrected chi connectivity index (χ4v) is 3.97. The molecule has 1 N–H and O–H groups in total. The van der Waals surface area contributed by atoms with Crippen LogP contribution in [-0.2, 0) is 0 Å². The molecule has 0 bridgehead atoms. The Morgan fingerprint density at radius 3 is 2.48 bits per heavy atom. The number of nitrogens with zero attached hydrogens (tertiary/aromatic N) is 2. The average Bonchev–Trinajstić information content (AvgIpc) is 3.17. The van der Waals surface area contributed by atoms with Crippen LogP contribution in [0.4, 0.5) is 11.4 Å². The van der Waals surface area contributed by atoms with Crippen LogP contribution in [0.1, 0.15) is 0 Å². The van der Waals surface area contributed by atoms with Crippen LogP contribution >= 0.6 is 11.8 Å². The summed E-state index contributed by atoms with van der Waals surface area (Å²) in [6.07, 6.45) is 2.00. The molecule has 5 rings (SSSR count). The largest absolute Gasteiger partial charge is 0.354 e. The number of anilines is 2. The van der Waals surface area contributed by atoms with E-state index in [2.05, 4.69) is 66.0 Å². The maximum atomic E-state index is 4.73. The molecule has 1 aliphatic rings. The third-order valence-corrected chi connectivity index (χ3v) is 5.41. The van der Waals surface area contributed by atoms with E-state index in [1.54, 1.807) is 11.8 Å². The van der Waals surface area contributed by atoms with E-state index < -0.39 is 0 Å². The minimum absolute atomic E-state index is 0.970. The predicted octanol–water partition coefficient (Wildman–Crippen LogP) is 5.75. The third-order valence-electron chi connectivity index (χ3n) is 4.26. The van der Waals surface area contributed by atoms with E-state index in [9.17, 15) is 0 Å². The molecule has 0 radical (unpaired) electrons. The average molecular weight is 341 g/mol. The molecule has 0 unspecified atom stereocenters. The summed E-state index contributed by atoms with van der Waals surface area (Å²) < 4.78 is 1.91. The molecule has 1 aromatic heterocycles. The molecule has 4 aromatic rings. The summed E-state index contributed by atoms with van der Waals surface area (Å²) in [5, 5.41) is 8.26. The van der Waals surface area contributed by atoms with Gasteiger partial charge in [-0.05, 0) is 42.5 Å². The molecule has 120 valence electrons. The Balaban J connectivity index is 1.50. The van der Waals surface area contributed by atoms with Crippen molar-refractivity contribution in [1.29, 1.82) is 0 Å². The zero-order chi connectivity index (χ0) is 16.6. The summed E-state index contributed by atoms with van der Waals surface area (Å²) >= 11 is 1.80. The van der Waals surface area contributed by atoms with Crippen molar-refractivity contribution in [3.63, 3.8) is 0 Å². The first kappa shape index (κ1) is 14.4. The molecule has 0 amide bonds. The monoisotopic (exact) mass is 341 g/mol. The molecule has 4 heteroatoms. The molecule has 0 saturated carbocycles. The van der Waals surface area contributed by atoms with Gasteiger partial charge in [-0.1, -0.05) is 48.2 Å². The second-order valence-electron chi connectivity index (χ2n) is 5.92. The minimum Gasteiger partial charge on any atom is -0.354 e. The van der Waals surface area contributed by atoms with Crippen LogP contribution < -0.4 is 5.32 Å². The van der Waals surface area contributed by atoms with Gasteiger partial charge < -0.3 is 5.32 Å². The highest BCUT2D eigenvalue weighted by Crippen LogP contribution is 2.44. The standard InChI is InChI=1S/C21H15N3S/c1-2-6-16(7-3-1)24-13-12-17(23-24)15-10-11-21-19(14-15)22-18-8-4-5-9-20(18)25-21/h1-14,22H. The molecule has 2 heterocycles. The van der Waals surface area contributed by atoms with Crippen molar-refractivity contribution in [2.75, 3.05) is 5.32 Å². The molecule has 3 aromatic carbocycles. The van der Waals surface area contributed by atoms with Crippen LogP contribution in [0.3, 0.4) is 0 Å². The minimum atomic E-state index is 0.970. The zero-order valence-corrected chi connectivity index (χ0v) is 14.2. The van der Waals surface area contributed by atoms with Crippen molar-refractivity contribution >= 4 is 23.1 Å². The van der Waals surface area contributed by atoms with Crippen LogP contribution in [0.2, 0.25) is 0 Å². The fourth-order valence-electron chi connectivity index (χ4n) is 3.00. The van der Waals surface area contributed by atoms with Crippen molar-refractivity contribution in [3.8, 4) is 16.9 Å². The van der Waals surface area contributed by atoms with E-state index in [4.69, 9.17) is 5.10 Å². The number of fused-ring (bicyclic) bond motifs is 2. The molecule has 0 fully saturated rings. The van der Waals surface area contributed by atoms with Gasteiger partial charge in [-0.15, -0.1) is 0 Å². The van der Waals surface area contributed by atoms with E-state index in [-0.39, 0.29) is 0 Å². The Bertz CT molecular complexity index is 1050. The Labute approximate surface area is 150 Å². The smallest absolute Gasteiger partial charge is 0.0928 e. The van der Waals surface area contributed by atoms with Crippen molar-refractivity contribution in [1.82, 2.24) is 9.78 Å². The number of rotatable bonds is 2. The number of aromatic nitrogens is 2. The van der Waals surface area contributed by atoms with E-state index in [0.717, 1.165) is 28.3 Å². The van der Waals surface area contributed by atoms with Crippen LogP contribution in [0.5, 0.6) is 0 Å². The Hall–Kier alpha value is -2.98. The highest BCUT2D eigenvalue weighted by atomic mass is 32.2. The first-order chi connectivity index (χ1) is 12.4. The van der Waals surface area contributed by atoms with E-state index in [1.165, 1.54) is 9.79 Å². The number of hydrogen-bond donors (Lipinski definition) is 1. The summed E-state index contributed by atoms with van der Waals surface area (Å²) in [5.74, 6) is 0. The van der Waals surface area contributed by atoms with E-state index >= 15 is 0 Å². The molecule has 0 atom stereocenters. The summed E-state index contributed by atoms with van der Waals surface area (Å²) in [7, 11) is 0. The zero-order valence-electron chi connectivity index (χ0n) is 13.4. The van der Waals surface area contributed by atoms with Gasteiger partial charge in [0.05, 0.1) is 22.8 Å². The molecule has 25 heavy (non-hydrogen) atoms. The van der Waals surface area contributed by atoms with Gasteiger partial charge in [-0.3, -0.25) is 0 Å². The van der Waals surface area contributed by atoms with Gasteiger partial charge in [0.2, 0.25) is 0 Å². The fraction of sp³-hybridized carbons (Fsp3) is 0. The van der Waals surface area contributed by atoms with Gasteiger partial charge in [-0.2, -0.15) is 5.10 Å². The topological polar surface area (TPSA) is 29.9 Å². The molecule has 1 aliphatic heterocycles. The van der Waals surface area contributed by atoms with Crippen LogP contribution in [0.15, 0.2) is 94.9 Å². The van der Waals surface area contributed by atoms with E-state index in [0.29, 0.717) is 0 Å². The van der Waals surface area contributed by atoms with E-state index in [1.807, 2.05) is 29.1 Å². The number of nitrogens with one attached hydrogen (secondary N) is 1. The second kappa shape index (κ2) is 5.83. The molecule has 0 saturated heterocycles. The van der Waals surface area contributed by atoms with Crippen LogP contribution in [-0.4, -0.2) is 9.78 Å². The first-order valence-electron chi connectivity index (χ1n) is 8.16.